The van der Waals surface area contributed by atoms with E-state index in [1.165, 1.54) is 22.2 Å². The zero-order valence-electron chi connectivity index (χ0n) is 14.0. The first-order valence-corrected chi connectivity index (χ1v) is 8.65. The molecule has 0 bridgehead atoms. The molecule has 4 aromatic heterocycles. The SMILES string of the molecule is Cc1nc(-c2nccs2)ncc1OC(=O)Nn1cc(C)c2cccnc21. The molecule has 0 aliphatic rings. The molecule has 1 N–H and O–H groups in total. The first-order valence-electron chi connectivity index (χ1n) is 7.77. The number of rotatable bonds is 3. The van der Waals surface area contributed by atoms with Crippen LogP contribution in [0.5, 0.6) is 5.75 Å². The van der Waals surface area contributed by atoms with Gasteiger partial charge in [-0.15, -0.1) is 11.3 Å². The van der Waals surface area contributed by atoms with Crippen molar-refractivity contribution >= 4 is 28.5 Å². The maximum atomic E-state index is 12.3. The Balaban J connectivity index is 1.53. The highest BCUT2D eigenvalue weighted by Gasteiger charge is 2.14. The lowest BCUT2D eigenvalue weighted by atomic mass is 10.2. The lowest BCUT2D eigenvalue weighted by Crippen LogP contribution is -2.26. The molecular weight excluding hydrogens is 352 g/mol. The van der Waals surface area contributed by atoms with Crippen LogP contribution in [0.2, 0.25) is 0 Å². The van der Waals surface area contributed by atoms with Crippen LogP contribution in [0.25, 0.3) is 21.9 Å². The summed E-state index contributed by atoms with van der Waals surface area (Å²) in [5.41, 5.74) is 4.85. The van der Waals surface area contributed by atoms with Crippen LogP contribution in [0, 0.1) is 13.8 Å². The average molecular weight is 366 g/mol. The molecule has 0 aromatic carbocycles. The highest BCUT2D eigenvalue weighted by Crippen LogP contribution is 2.22. The molecule has 26 heavy (non-hydrogen) atoms. The number of hydrogen-bond donors (Lipinski definition) is 1. The molecule has 0 unspecified atom stereocenters. The van der Waals surface area contributed by atoms with Crippen LogP contribution in [-0.2, 0) is 0 Å². The second-order valence-electron chi connectivity index (χ2n) is 5.54. The summed E-state index contributed by atoms with van der Waals surface area (Å²) in [4.78, 5) is 29.3. The summed E-state index contributed by atoms with van der Waals surface area (Å²) in [5, 5.41) is 3.52. The normalized spacial score (nSPS) is 10.8. The van der Waals surface area contributed by atoms with Crippen molar-refractivity contribution in [3.05, 3.63) is 53.6 Å². The van der Waals surface area contributed by atoms with Gasteiger partial charge in [0.2, 0.25) is 0 Å². The molecule has 0 fully saturated rings. The summed E-state index contributed by atoms with van der Waals surface area (Å²) in [6.45, 7) is 3.70. The summed E-state index contributed by atoms with van der Waals surface area (Å²) < 4.78 is 6.87. The molecule has 1 amide bonds. The minimum absolute atomic E-state index is 0.281. The van der Waals surface area contributed by atoms with E-state index in [9.17, 15) is 4.79 Å². The third-order valence-electron chi connectivity index (χ3n) is 3.73. The van der Waals surface area contributed by atoms with Crippen LogP contribution in [0.1, 0.15) is 11.3 Å². The Morgan fingerprint density at radius 1 is 1.23 bits per heavy atom. The van der Waals surface area contributed by atoms with Gasteiger partial charge in [0.15, 0.2) is 22.2 Å². The summed E-state index contributed by atoms with van der Waals surface area (Å²) in [6, 6.07) is 3.79. The van der Waals surface area contributed by atoms with Crippen LogP contribution >= 0.6 is 11.3 Å². The number of hydrogen-bond acceptors (Lipinski definition) is 7. The first kappa shape index (κ1) is 16.2. The molecule has 4 aromatic rings. The second kappa shape index (κ2) is 6.52. The van der Waals surface area contributed by atoms with Crippen molar-refractivity contribution in [3.63, 3.8) is 0 Å². The third-order valence-corrected chi connectivity index (χ3v) is 4.50. The molecule has 4 rings (SSSR count). The van der Waals surface area contributed by atoms with Crippen LogP contribution in [-0.4, -0.2) is 30.7 Å². The van der Waals surface area contributed by atoms with E-state index in [0.717, 1.165) is 10.9 Å². The van der Waals surface area contributed by atoms with Gasteiger partial charge >= 0.3 is 6.09 Å². The zero-order valence-corrected chi connectivity index (χ0v) is 14.8. The number of thiazole rings is 1. The number of aryl methyl sites for hydroxylation is 2. The van der Waals surface area contributed by atoms with Gasteiger partial charge in [-0.3, -0.25) is 0 Å². The Morgan fingerprint density at radius 3 is 2.88 bits per heavy atom. The molecule has 0 spiro atoms. The van der Waals surface area contributed by atoms with Gasteiger partial charge in [0, 0.05) is 29.4 Å². The predicted octanol–water partition coefficient (Wildman–Crippen LogP) is 3.31. The Kier molecular flexibility index (Phi) is 4.05. The summed E-state index contributed by atoms with van der Waals surface area (Å²) >= 11 is 1.44. The van der Waals surface area contributed by atoms with Crippen LogP contribution in [0.15, 0.2) is 42.3 Å². The van der Waals surface area contributed by atoms with Crippen molar-refractivity contribution in [2.24, 2.45) is 0 Å². The molecule has 4 heterocycles. The van der Waals surface area contributed by atoms with Crippen molar-refractivity contribution in [1.29, 1.82) is 0 Å². The molecule has 0 aliphatic heterocycles. The molecule has 0 radical (unpaired) electrons. The summed E-state index contributed by atoms with van der Waals surface area (Å²) in [6.07, 6.45) is 5.96. The van der Waals surface area contributed by atoms with Gasteiger partial charge in [-0.2, -0.15) is 0 Å². The van der Waals surface area contributed by atoms with E-state index in [0.29, 0.717) is 22.2 Å². The standard InChI is InChI=1S/C17H14N6O2S/c1-10-9-23(15-12(10)4-3-5-18-15)22-17(24)25-13-8-20-14(21-11(13)2)16-19-6-7-26-16/h3-9H,1-2H3,(H,22,24). The second-order valence-corrected chi connectivity index (χ2v) is 6.43. The Hall–Kier alpha value is -3.33. The fourth-order valence-electron chi connectivity index (χ4n) is 2.52. The van der Waals surface area contributed by atoms with Gasteiger partial charge in [-0.05, 0) is 31.5 Å². The van der Waals surface area contributed by atoms with Crippen molar-refractivity contribution in [1.82, 2.24) is 24.6 Å². The van der Waals surface area contributed by atoms with E-state index in [1.54, 1.807) is 25.5 Å². The minimum Gasteiger partial charge on any atom is -0.406 e. The van der Waals surface area contributed by atoms with E-state index in [1.807, 2.05) is 24.4 Å². The summed E-state index contributed by atoms with van der Waals surface area (Å²) in [5.74, 6) is 0.783. The third kappa shape index (κ3) is 3.00. The van der Waals surface area contributed by atoms with Gasteiger partial charge in [0.25, 0.3) is 0 Å². The molecule has 0 aliphatic carbocycles. The van der Waals surface area contributed by atoms with Gasteiger partial charge in [-0.1, -0.05) is 0 Å². The molecule has 9 heteroatoms. The highest BCUT2D eigenvalue weighted by molar-refractivity contribution is 7.12. The van der Waals surface area contributed by atoms with E-state index in [-0.39, 0.29) is 5.75 Å². The van der Waals surface area contributed by atoms with Gasteiger partial charge < -0.3 is 4.74 Å². The average Bonchev–Trinajstić information content (AvgIpc) is 3.26. The van der Waals surface area contributed by atoms with Crippen LogP contribution < -0.4 is 10.2 Å². The Morgan fingerprint density at radius 2 is 2.12 bits per heavy atom. The number of ether oxygens (including phenoxy) is 1. The minimum atomic E-state index is -0.652. The Labute approximate surface area is 152 Å². The van der Waals surface area contributed by atoms with Crippen LogP contribution in [0.4, 0.5) is 4.79 Å². The maximum absolute atomic E-state index is 12.3. The van der Waals surface area contributed by atoms with Crippen molar-refractivity contribution in [3.8, 4) is 16.6 Å². The quantitative estimate of drug-likeness (QED) is 0.598. The zero-order chi connectivity index (χ0) is 18.1. The number of aromatic nitrogens is 5. The van der Waals surface area contributed by atoms with E-state index >= 15 is 0 Å². The van der Waals surface area contributed by atoms with Crippen LogP contribution in [0.3, 0.4) is 0 Å². The number of pyridine rings is 1. The van der Waals surface area contributed by atoms with E-state index < -0.39 is 6.09 Å². The number of amides is 1. The lowest BCUT2D eigenvalue weighted by molar-refractivity contribution is 0.211. The maximum Gasteiger partial charge on any atom is 0.432 e. The fourth-order valence-corrected chi connectivity index (χ4v) is 3.10. The first-order chi connectivity index (χ1) is 12.6. The van der Waals surface area contributed by atoms with Gasteiger partial charge in [0.05, 0.1) is 11.9 Å². The largest absolute Gasteiger partial charge is 0.432 e. The van der Waals surface area contributed by atoms with Gasteiger partial charge in [0.1, 0.15) is 0 Å². The van der Waals surface area contributed by atoms with Gasteiger partial charge in [-0.25, -0.2) is 34.8 Å². The van der Waals surface area contributed by atoms with E-state index in [2.05, 4.69) is 25.4 Å². The smallest absolute Gasteiger partial charge is 0.406 e. The molecular formula is C17H14N6O2S. The van der Waals surface area contributed by atoms with Crippen molar-refractivity contribution < 1.29 is 9.53 Å². The number of nitrogens with zero attached hydrogens (tertiary/aromatic N) is 5. The highest BCUT2D eigenvalue weighted by atomic mass is 32.1. The van der Waals surface area contributed by atoms with Crippen molar-refractivity contribution in [2.45, 2.75) is 13.8 Å². The number of carbonyl (C=O) groups excluding carboxylic acids is 1. The fraction of sp³-hybridized carbons (Fsp3) is 0.118. The number of fused-ring (bicyclic) bond motifs is 1. The predicted molar refractivity (Wildman–Crippen MR) is 97.7 cm³/mol. The molecule has 8 nitrogen and oxygen atoms in total. The molecule has 0 saturated heterocycles. The monoisotopic (exact) mass is 366 g/mol. The summed E-state index contributed by atoms with van der Waals surface area (Å²) in [7, 11) is 0. The Bertz CT molecular complexity index is 1090. The molecule has 0 atom stereocenters. The molecule has 130 valence electrons. The number of carbonyl (C=O) groups is 1. The lowest BCUT2D eigenvalue weighted by Gasteiger charge is -2.09. The topological polar surface area (TPSA) is 94.8 Å². The van der Waals surface area contributed by atoms with Crippen molar-refractivity contribution in [2.75, 3.05) is 5.43 Å². The number of nitrogens with one attached hydrogen (secondary N) is 1. The molecule has 0 saturated carbocycles. The van der Waals surface area contributed by atoms with E-state index in [4.69, 9.17) is 4.74 Å².